The van der Waals surface area contributed by atoms with Crippen LogP contribution in [0, 0.1) is 6.92 Å². The molecule has 0 radical (unpaired) electrons. The van der Waals surface area contributed by atoms with Crippen LogP contribution >= 0.6 is 11.3 Å². The maximum atomic E-state index is 12.9. The van der Waals surface area contributed by atoms with Gasteiger partial charge in [0.25, 0.3) is 11.5 Å². The number of hydrogen-bond acceptors (Lipinski definition) is 5. The molecule has 0 saturated heterocycles. The summed E-state index contributed by atoms with van der Waals surface area (Å²) >= 11 is 1.22. The lowest BCUT2D eigenvalue weighted by Gasteiger charge is -2.03. The van der Waals surface area contributed by atoms with Gasteiger partial charge in [-0.15, -0.1) is 11.3 Å². The largest absolute Gasteiger partial charge is 0.397 e. The SMILES string of the molecule is Cc1ccc(-c2ccc3c(N)c(C(=O)Nc4cc(=O)n(-c5ccccc5)[nH]4)sc3n2)cc1. The smallest absolute Gasteiger partial charge is 0.273 e. The zero-order valence-corrected chi connectivity index (χ0v) is 17.9. The van der Waals surface area contributed by atoms with Crippen LogP contribution in [0.1, 0.15) is 15.2 Å². The molecular formula is C24H19N5O2S. The van der Waals surface area contributed by atoms with Crippen LogP contribution in [0.15, 0.2) is 77.6 Å². The van der Waals surface area contributed by atoms with Crippen LogP contribution in [0.2, 0.25) is 0 Å². The molecule has 0 fully saturated rings. The van der Waals surface area contributed by atoms with Gasteiger partial charge in [-0.05, 0) is 31.2 Å². The van der Waals surface area contributed by atoms with E-state index in [9.17, 15) is 9.59 Å². The summed E-state index contributed by atoms with van der Waals surface area (Å²) in [6, 6.07) is 22.3. The number of aromatic amines is 1. The van der Waals surface area contributed by atoms with Crippen molar-refractivity contribution < 1.29 is 4.79 Å². The van der Waals surface area contributed by atoms with Crippen LogP contribution < -0.4 is 16.6 Å². The number of fused-ring (bicyclic) bond motifs is 1. The van der Waals surface area contributed by atoms with Crippen LogP contribution in [0.5, 0.6) is 0 Å². The maximum absolute atomic E-state index is 12.9. The zero-order valence-electron chi connectivity index (χ0n) is 17.1. The average Bonchev–Trinajstić information content (AvgIpc) is 3.34. The minimum absolute atomic E-state index is 0.278. The van der Waals surface area contributed by atoms with Crippen molar-refractivity contribution in [1.82, 2.24) is 14.8 Å². The number of rotatable bonds is 4. The lowest BCUT2D eigenvalue weighted by Crippen LogP contribution is -2.13. The van der Waals surface area contributed by atoms with Gasteiger partial charge in [0, 0.05) is 17.0 Å². The first-order chi connectivity index (χ1) is 15.5. The van der Waals surface area contributed by atoms with Crippen molar-refractivity contribution >= 4 is 39.0 Å². The van der Waals surface area contributed by atoms with Crippen LogP contribution in [0.3, 0.4) is 0 Å². The molecule has 0 unspecified atom stereocenters. The number of H-pyrrole nitrogens is 1. The second kappa shape index (κ2) is 7.82. The number of aryl methyl sites for hydroxylation is 1. The fourth-order valence-corrected chi connectivity index (χ4v) is 4.45. The molecule has 7 nitrogen and oxygen atoms in total. The number of pyridine rings is 1. The highest BCUT2D eigenvalue weighted by molar-refractivity contribution is 7.21. The molecule has 0 bridgehead atoms. The monoisotopic (exact) mass is 441 g/mol. The number of thiophene rings is 1. The summed E-state index contributed by atoms with van der Waals surface area (Å²) in [5.74, 6) is -0.113. The number of carbonyl (C=O) groups excluding carboxylic acids is 1. The van der Waals surface area contributed by atoms with Crippen LogP contribution in [-0.2, 0) is 0 Å². The number of aromatic nitrogens is 3. The van der Waals surface area contributed by atoms with Gasteiger partial charge < -0.3 is 11.1 Å². The van der Waals surface area contributed by atoms with Gasteiger partial charge in [0.05, 0.1) is 17.1 Å². The first-order valence-electron chi connectivity index (χ1n) is 9.94. The van der Waals surface area contributed by atoms with Gasteiger partial charge in [0.1, 0.15) is 15.5 Å². The second-order valence-corrected chi connectivity index (χ2v) is 8.39. The topological polar surface area (TPSA) is 106 Å². The van der Waals surface area contributed by atoms with E-state index in [2.05, 4.69) is 10.4 Å². The number of hydrogen-bond donors (Lipinski definition) is 3. The zero-order chi connectivity index (χ0) is 22.2. The Morgan fingerprint density at radius 1 is 1.06 bits per heavy atom. The van der Waals surface area contributed by atoms with E-state index in [1.807, 2.05) is 61.5 Å². The molecule has 32 heavy (non-hydrogen) atoms. The Kier molecular flexibility index (Phi) is 4.84. The Balaban J connectivity index is 1.44. The van der Waals surface area contributed by atoms with E-state index in [-0.39, 0.29) is 11.4 Å². The summed E-state index contributed by atoms with van der Waals surface area (Å²) in [4.78, 5) is 31.0. The highest BCUT2D eigenvalue weighted by Crippen LogP contribution is 2.34. The Hall–Kier alpha value is -4.17. The minimum atomic E-state index is -0.399. The van der Waals surface area contributed by atoms with Crippen LogP contribution in [0.4, 0.5) is 11.5 Å². The molecule has 5 rings (SSSR count). The van der Waals surface area contributed by atoms with Crippen molar-refractivity contribution in [2.75, 3.05) is 11.1 Å². The standard InChI is InChI=1S/C24H19N5O2S/c1-14-7-9-15(10-8-14)18-12-11-17-21(25)22(32-24(17)26-18)23(31)27-19-13-20(30)29(28-19)16-5-3-2-4-6-16/h2-13,28H,25H2,1H3,(H,27,31). The molecule has 8 heteroatoms. The molecule has 0 aliphatic heterocycles. The molecular weight excluding hydrogens is 422 g/mol. The summed E-state index contributed by atoms with van der Waals surface area (Å²) in [7, 11) is 0. The van der Waals surface area contributed by atoms with E-state index in [1.54, 1.807) is 12.1 Å². The van der Waals surface area contributed by atoms with E-state index < -0.39 is 5.91 Å². The van der Waals surface area contributed by atoms with E-state index in [1.165, 1.54) is 27.6 Å². The molecule has 2 aromatic carbocycles. The van der Waals surface area contributed by atoms with E-state index in [0.717, 1.165) is 16.6 Å². The summed E-state index contributed by atoms with van der Waals surface area (Å²) in [5, 5.41) is 6.37. The predicted molar refractivity (Wildman–Crippen MR) is 129 cm³/mol. The second-order valence-electron chi connectivity index (χ2n) is 7.39. The lowest BCUT2D eigenvalue weighted by molar-refractivity contribution is 0.103. The highest BCUT2D eigenvalue weighted by Gasteiger charge is 2.19. The first kappa shape index (κ1) is 19.8. The molecule has 0 saturated carbocycles. The van der Waals surface area contributed by atoms with Gasteiger partial charge >= 0.3 is 0 Å². The molecule has 0 spiro atoms. The highest BCUT2D eigenvalue weighted by atomic mass is 32.1. The number of nitrogens with one attached hydrogen (secondary N) is 2. The third kappa shape index (κ3) is 3.57. The summed E-state index contributed by atoms with van der Waals surface area (Å²) < 4.78 is 1.36. The Morgan fingerprint density at radius 2 is 1.81 bits per heavy atom. The molecule has 3 heterocycles. The van der Waals surface area contributed by atoms with Crippen molar-refractivity contribution in [3.63, 3.8) is 0 Å². The predicted octanol–water partition coefficient (Wildman–Crippen LogP) is 4.59. The number of para-hydroxylation sites is 1. The number of nitrogens with two attached hydrogens (primary N) is 1. The Morgan fingerprint density at radius 3 is 2.56 bits per heavy atom. The summed E-state index contributed by atoms with van der Waals surface area (Å²) in [6.45, 7) is 2.03. The Labute approximate surface area is 187 Å². The van der Waals surface area contributed by atoms with Gasteiger partial charge in [0.2, 0.25) is 0 Å². The van der Waals surface area contributed by atoms with Gasteiger partial charge in [-0.3, -0.25) is 14.7 Å². The van der Waals surface area contributed by atoms with E-state index in [4.69, 9.17) is 10.7 Å². The van der Waals surface area contributed by atoms with Gasteiger partial charge in [0.15, 0.2) is 0 Å². The lowest BCUT2D eigenvalue weighted by atomic mass is 10.1. The molecule has 0 aliphatic rings. The quantitative estimate of drug-likeness (QED) is 0.379. The van der Waals surface area contributed by atoms with Crippen molar-refractivity contribution in [3.8, 4) is 16.9 Å². The number of amides is 1. The molecule has 0 atom stereocenters. The van der Waals surface area contributed by atoms with E-state index >= 15 is 0 Å². The number of nitrogens with zero attached hydrogens (tertiary/aromatic N) is 2. The van der Waals surface area contributed by atoms with Crippen molar-refractivity contribution in [2.24, 2.45) is 0 Å². The van der Waals surface area contributed by atoms with E-state index in [0.29, 0.717) is 21.1 Å². The number of carbonyl (C=O) groups is 1. The van der Waals surface area contributed by atoms with Crippen LogP contribution in [0.25, 0.3) is 27.2 Å². The molecule has 5 aromatic rings. The van der Waals surface area contributed by atoms with Crippen molar-refractivity contribution in [3.05, 3.63) is 93.6 Å². The first-order valence-corrected chi connectivity index (χ1v) is 10.8. The minimum Gasteiger partial charge on any atom is -0.397 e. The van der Waals surface area contributed by atoms with Gasteiger partial charge in [-0.2, -0.15) is 0 Å². The normalized spacial score (nSPS) is 11.0. The van der Waals surface area contributed by atoms with Crippen LogP contribution in [-0.4, -0.2) is 20.7 Å². The van der Waals surface area contributed by atoms with Gasteiger partial charge in [-0.1, -0.05) is 48.0 Å². The maximum Gasteiger partial charge on any atom is 0.273 e. The third-order valence-corrected chi connectivity index (χ3v) is 6.24. The summed E-state index contributed by atoms with van der Waals surface area (Å²) in [5.41, 5.74) is 10.0. The number of anilines is 2. The number of benzene rings is 2. The van der Waals surface area contributed by atoms with Gasteiger partial charge in [-0.25, -0.2) is 9.67 Å². The number of nitrogen functional groups attached to an aromatic ring is 1. The fourth-order valence-electron chi connectivity index (χ4n) is 3.46. The molecule has 1 amide bonds. The fraction of sp³-hybridized carbons (Fsp3) is 0.0417. The molecule has 3 aromatic heterocycles. The molecule has 0 aliphatic carbocycles. The molecule has 4 N–H and O–H groups in total. The average molecular weight is 442 g/mol. The Bertz CT molecular complexity index is 1500. The van der Waals surface area contributed by atoms with Crippen molar-refractivity contribution in [1.29, 1.82) is 0 Å². The third-order valence-electron chi connectivity index (χ3n) is 5.13. The molecule has 158 valence electrons. The van der Waals surface area contributed by atoms with Crippen molar-refractivity contribution in [2.45, 2.75) is 6.92 Å². The summed E-state index contributed by atoms with van der Waals surface area (Å²) in [6.07, 6.45) is 0.